The molecule has 0 unspecified atom stereocenters. The maximum Gasteiger partial charge on any atom is 0.256 e. The number of rotatable bonds is 9. The second kappa shape index (κ2) is 11.2. The first kappa shape index (κ1) is 23.2. The number of allylic oxidation sites excluding steroid dienone is 1. The lowest BCUT2D eigenvalue weighted by atomic mass is 9.92. The van der Waals surface area contributed by atoms with E-state index in [0.29, 0.717) is 35.6 Å². The molecule has 3 rings (SSSR count). The minimum Gasteiger partial charge on any atom is -0.492 e. The lowest BCUT2D eigenvalue weighted by Gasteiger charge is -2.16. The fourth-order valence-corrected chi connectivity index (χ4v) is 3.33. The largest absolute Gasteiger partial charge is 0.492 e. The molecular formula is C26H26F2N2O2. The Bertz CT molecular complexity index is 1060. The monoisotopic (exact) mass is 436 g/mol. The van der Waals surface area contributed by atoms with Gasteiger partial charge in [-0.1, -0.05) is 31.2 Å². The summed E-state index contributed by atoms with van der Waals surface area (Å²) in [5.41, 5.74) is 3.06. The van der Waals surface area contributed by atoms with Gasteiger partial charge < -0.3 is 15.4 Å². The third-order valence-corrected chi connectivity index (χ3v) is 4.94. The van der Waals surface area contributed by atoms with Crippen molar-refractivity contribution in [1.29, 1.82) is 0 Å². The molecule has 166 valence electrons. The molecule has 0 radical (unpaired) electrons. The lowest BCUT2D eigenvalue weighted by molar-refractivity contribution is -0.111. The van der Waals surface area contributed by atoms with Crippen LogP contribution in [0.25, 0.3) is 11.1 Å². The second-order valence-corrected chi connectivity index (χ2v) is 7.15. The highest BCUT2D eigenvalue weighted by Crippen LogP contribution is 2.31. The van der Waals surface area contributed by atoms with Crippen LogP contribution in [0, 0.1) is 11.6 Å². The van der Waals surface area contributed by atoms with Crippen molar-refractivity contribution in [2.45, 2.75) is 13.3 Å². The van der Waals surface area contributed by atoms with Gasteiger partial charge in [-0.3, -0.25) is 4.79 Å². The SMILES string of the molecule is CC/C(=C(\C(=O)Nc1ccc(OCCNC)cc1)c1ccc(F)cc1)c1ccc(F)cc1. The van der Waals surface area contributed by atoms with Crippen LogP contribution in [0.1, 0.15) is 24.5 Å². The number of ether oxygens (including phenoxy) is 1. The number of hydrogen-bond acceptors (Lipinski definition) is 3. The molecule has 1 amide bonds. The lowest BCUT2D eigenvalue weighted by Crippen LogP contribution is -2.16. The fourth-order valence-electron chi connectivity index (χ4n) is 3.33. The number of halogens is 2. The molecule has 0 heterocycles. The average molecular weight is 437 g/mol. The predicted octanol–water partition coefficient (Wildman–Crippen LogP) is 5.52. The summed E-state index contributed by atoms with van der Waals surface area (Å²) in [5.74, 6) is -0.369. The standard InChI is InChI=1S/C26H26F2N2O2/c1-3-24(18-4-8-20(27)9-5-18)25(19-6-10-21(28)11-7-19)26(31)30-22-12-14-23(15-13-22)32-17-16-29-2/h4-15,29H,3,16-17H2,1-2H3,(H,30,31)/b25-24+. The van der Waals surface area contributed by atoms with E-state index in [-0.39, 0.29) is 17.5 Å². The van der Waals surface area contributed by atoms with Crippen molar-refractivity contribution >= 4 is 22.7 Å². The topological polar surface area (TPSA) is 50.4 Å². The molecule has 0 aliphatic heterocycles. The van der Waals surface area contributed by atoms with Crippen molar-refractivity contribution in [1.82, 2.24) is 5.32 Å². The van der Waals surface area contributed by atoms with E-state index >= 15 is 0 Å². The molecule has 0 saturated heterocycles. The molecule has 0 aromatic heterocycles. The Morgan fingerprint density at radius 3 is 1.94 bits per heavy atom. The molecule has 6 heteroatoms. The van der Waals surface area contributed by atoms with Gasteiger partial charge in [0.2, 0.25) is 0 Å². The van der Waals surface area contributed by atoms with Crippen molar-refractivity contribution in [2.75, 3.05) is 25.5 Å². The first-order chi connectivity index (χ1) is 15.5. The molecule has 3 aromatic rings. The van der Waals surface area contributed by atoms with Gasteiger partial charge in [-0.05, 0) is 78.7 Å². The highest BCUT2D eigenvalue weighted by Gasteiger charge is 2.19. The van der Waals surface area contributed by atoms with Gasteiger partial charge in [-0.25, -0.2) is 8.78 Å². The van der Waals surface area contributed by atoms with Gasteiger partial charge in [0, 0.05) is 12.2 Å². The summed E-state index contributed by atoms with van der Waals surface area (Å²) < 4.78 is 32.6. The van der Waals surface area contributed by atoms with E-state index in [9.17, 15) is 13.6 Å². The van der Waals surface area contributed by atoms with Crippen molar-refractivity contribution in [2.24, 2.45) is 0 Å². The molecule has 0 bridgehead atoms. The van der Waals surface area contributed by atoms with Crippen LogP contribution in [0.15, 0.2) is 72.8 Å². The van der Waals surface area contributed by atoms with Crippen molar-refractivity contribution in [3.05, 3.63) is 95.6 Å². The van der Waals surface area contributed by atoms with Crippen LogP contribution in [0.4, 0.5) is 14.5 Å². The van der Waals surface area contributed by atoms with Crippen LogP contribution in [-0.4, -0.2) is 26.1 Å². The quantitative estimate of drug-likeness (QED) is 0.264. The van der Waals surface area contributed by atoms with Gasteiger partial charge in [-0.2, -0.15) is 0 Å². The molecule has 0 aliphatic rings. The molecule has 4 nitrogen and oxygen atoms in total. The Labute approximate surface area is 186 Å². The van der Waals surface area contributed by atoms with Crippen molar-refractivity contribution < 1.29 is 18.3 Å². The first-order valence-electron chi connectivity index (χ1n) is 10.5. The molecule has 32 heavy (non-hydrogen) atoms. The molecule has 0 fully saturated rings. The molecular weight excluding hydrogens is 410 g/mol. The van der Waals surface area contributed by atoms with E-state index in [1.54, 1.807) is 48.5 Å². The molecule has 0 saturated carbocycles. The summed E-state index contributed by atoms with van der Waals surface area (Å²) in [5, 5.41) is 5.92. The highest BCUT2D eigenvalue weighted by molar-refractivity contribution is 6.31. The number of carbonyl (C=O) groups excluding carboxylic acids is 1. The van der Waals surface area contributed by atoms with Crippen molar-refractivity contribution in [3.8, 4) is 5.75 Å². The molecule has 2 N–H and O–H groups in total. The van der Waals surface area contributed by atoms with Crippen LogP contribution in [0.3, 0.4) is 0 Å². The zero-order valence-electron chi connectivity index (χ0n) is 18.1. The third-order valence-electron chi connectivity index (χ3n) is 4.94. The summed E-state index contributed by atoms with van der Waals surface area (Å²) in [4.78, 5) is 13.4. The van der Waals surface area contributed by atoms with Crippen LogP contribution in [0.5, 0.6) is 5.75 Å². The van der Waals surface area contributed by atoms with Gasteiger partial charge in [-0.15, -0.1) is 0 Å². The number of anilines is 1. The summed E-state index contributed by atoms with van der Waals surface area (Å²) in [6, 6.07) is 18.9. The van der Waals surface area contributed by atoms with Gasteiger partial charge in [0.15, 0.2) is 0 Å². The zero-order valence-corrected chi connectivity index (χ0v) is 18.1. The number of benzene rings is 3. The van der Waals surface area contributed by atoms with Crippen molar-refractivity contribution in [3.63, 3.8) is 0 Å². The number of hydrogen-bond donors (Lipinski definition) is 2. The van der Waals surface area contributed by atoms with Crippen LogP contribution < -0.4 is 15.4 Å². The Kier molecular flexibility index (Phi) is 8.11. The zero-order chi connectivity index (χ0) is 22.9. The van der Waals surface area contributed by atoms with Gasteiger partial charge in [0.05, 0.1) is 5.57 Å². The highest BCUT2D eigenvalue weighted by atomic mass is 19.1. The number of amides is 1. The van der Waals surface area contributed by atoms with Gasteiger partial charge in [0.25, 0.3) is 5.91 Å². The van der Waals surface area contributed by atoms with Gasteiger partial charge >= 0.3 is 0 Å². The third kappa shape index (κ3) is 6.02. The molecule has 3 aromatic carbocycles. The Hall–Kier alpha value is -3.51. The second-order valence-electron chi connectivity index (χ2n) is 7.15. The molecule has 0 aliphatic carbocycles. The van der Waals surface area contributed by atoms with E-state index in [1.165, 1.54) is 24.3 Å². The summed E-state index contributed by atoms with van der Waals surface area (Å²) in [7, 11) is 1.85. The summed E-state index contributed by atoms with van der Waals surface area (Å²) in [6.45, 7) is 3.19. The Balaban J connectivity index is 1.93. The molecule has 0 atom stereocenters. The predicted molar refractivity (Wildman–Crippen MR) is 124 cm³/mol. The van der Waals surface area contributed by atoms with Crippen LogP contribution in [-0.2, 0) is 4.79 Å². The number of carbonyl (C=O) groups is 1. The summed E-state index contributed by atoms with van der Waals surface area (Å²) in [6.07, 6.45) is 0.532. The van der Waals surface area contributed by atoms with E-state index in [0.717, 1.165) is 17.7 Å². The minimum absolute atomic E-state index is 0.332. The maximum atomic E-state index is 13.5. The van der Waals surface area contributed by atoms with E-state index in [1.807, 2.05) is 14.0 Å². The normalized spacial score (nSPS) is 11.6. The molecule has 0 spiro atoms. The van der Waals surface area contributed by atoms with Crippen LogP contribution >= 0.6 is 0 Å². The van der Waals surface area contributed by atoms with E-state index in [4.69, 9.17) is 4.74 Å². The summed E-state index contributed by atoms with van der Waals surface area (Å²) >= 11 is 0. The minimum atomic E-state index is -0.387. The Morgan fingerprint density at radius 2 is 1.41 bits per heavy atom. The Morgan fingerprint density at radius 1 is 0.844 bits per heavy atom. The smallest absolute Gasteiger partial charge is 0.256 e. The van der Waals surface area contributed by atoms with Gasteiger partial charge in [0.1, 0.15) is 24.0 Å². The fraction of sp³-hybridized carbons (Fsp3) is 0.192. The maximum absolute atomic E-state index is 13.5. The van der Waals surface area contributed by atoms with E-state index < -0.39 is 0 Å². The number of likely N-dealkylation sites (N-methyl/N-ethyl adjacent to an activating group) is 1. The number of nitrogens with one attached hydrogen (secondary N) is 2. The van der Waals surface area contributed by atoms with Crippen LogP contribution in [0.2, 0.25) is 0 Å². The van der Waals surface area contributed by atoms with E-state index in [2.05, 4.69) is 10.6 Å². The average Bonchev–Trinajstić information content (AvgIpc) is 2.80. The first-order valence-corrected chi connectivity index (χ1v) is 10.5.